The molecule has 0 atom stereocenters. The van der Waals surface area contributed by atoms with Crippen molar-refractivity contribution in [1.29, 1.82) is 0 Å². The van der Waals surface area contributed by atoms with Gasteiger partial charge in [0.25, 0.3) is 0 Å². The average Bonchev–Trinajstić information content (AvgIpc) is 2.36. The Labute approximate surface area is 106 Å². The molecule has 1 aromatic carbocycles. The number of benzene rings is 1. The first-order valence-electron chi connectivity index (χ1n) is 6.87. The van der Waals surface area contributed by atoms with Crippen LogP contribution < -0.4 is 0 Å². The molecule has 0 fully saturated rings. The van der Waals surface area contributed by atoms with E-state index in [0.717, 1.165) is 19.3 Å². The lowest BCUT2D eigenvalue weighted by molar-refractivity contribution is 0.833. The van der Waals surface area contributed by atoms with E-state index < -0.39 is 0 Å². The molecule has 1 rings (SSSR count). The Kier molecular flexibility index (Phi) is 5.96. The number of rotatable bonds is 6. The molecule has 0 aliphatic heterocycles. The molecule has 0 saturated heterocycles. The highest BCUT2D eigenvalue weighted by atomic mass is 14.8. The van der Waals surface area contributed by atoms with Gasteiger partial charge >= 0.3 is 0 Å². The van der Waals surface area contributed by atoms with Gasteiger partial charge in [0.15, 0.2) is 0 Å². The van der Waals surface area contributed by atoms with Gasteiger partial charge in [0, 0.05) is 5.71 Å². The molecule has 0 N–H and O–H groups in total. The first-order valence-corrected chi connectivity index (χ1v) is 6.87. The summed E-state index contributed by atoms with van der Waals surface area (Å²) in [4.78, 5) is 4.85. The standard InChI is InChI=1S/C16H25N/c1-5-8-10-13(4)17-16-14(6-2)11-9-12-15(16)7-3/h9,11-12H,5-8,10H2,1-4H3. The second-order valence-corrected chi connectivity index (χ2v) is 4.58. The summed E-state index contributed by atoms with van der Waals surface area (Å²) in [7, 11) is 0. The van der Waals surface area contributed by atoms with Gasteiger partial charge in [-0.3, -0.25) is 4.99 Å². The van der Waals surface area contributed by atoms with Crippen molar-refractivity contribution in [1.82, 2.24) is 0 Å². The Bertz CT molecular complexity index is 355. The normalized spacial score (nSPS) is 11.9. The number of para-hydroxylation sites is 1. The van der Waals surface area contributed by atoms with Crippen molar-refractivity contribution in [2.75, 3.05) is 0 Å². The topological polar surface area (TPSA) is 12.4 Å². The number of aryl methyl sites for hydroxylation is 2. The summed E-state index contributed by atoms with van der Waals surface area (Å²) in [6, 6.07) is 6.55. The monoisotopic (exact) mass is 231 g/mol. The van der Waals surface area contributed by atoms with Crippen LogP contribution in [0.3, 0.4) is 0 Å². The van der Waals surface area contributed by atoms with Gasteiger partial charge in [-0.2, -0.15) is 0 Å². The van der Waals surface area contributed by atoms with Crippen LogP contribution in [0.1, 0.15) is 58.1 Å². The molecule has 1 heteroatoms. The van der Waals surface area contributed by atoms with Gasteiger partial charge in [-0.1, -0.05) is 45.4 Å². The third kappa shape index (κ3) is 3.99. The van der Waals surface area contributed by atoms with Crippen molar-refractivity contribution in [2.45, 2.75) is 59.8 Å². The fraction of sp³-hybridized carbons (Fsp3) is 0.562. The van der Waals surface area contributed by atoms with Gasteiger partial charge in [-0.05, 0) is 43.7 Å². The third-order valence-electron chi connectivity index (χ3n) is 3.16. The lowest BCUT2D eigenvalue weighted by Crippen LogP contribution is -1.94. The molecule has 0 spiro atoms. The molecule has 0 amide bonds. The number of hydrogen-bond donors (Lipinski definition) is 0. The Hall–Kier alpha value is -1.11. The van der Waals surface area contributed by atoms with E-state index in [0.29, 0.717) is 0 Å². The molecule has 0 bridgehead atoms. The van der Waals surface area contributed by atoms with Crippen LogP contribution in [0, 0.1) is 0 Å². The van der Waals surface area contributed by atoms with Gasteiger partial charge in [-0.15, -0.1) is 0 Å². The zero-order chi connectivity index (χ0) is 12.7. The summed E-state index contributed by atoms with van der Waals surface area (Å²) < 4.78 is 0. The van der Waals surface area contributed by atoms with Crippen LogP contribution in [-0.2, 0) is 12.8 Å². The number of unbranched alkanes of at least 4 members (excludes halogenated alkanes) is 1. The van der Waals surface area contributed by atoms with Gasteiger partial charge in [0.1, 0.15) is 0 Å². The maximum atomic E-state index is 4.85. The molecule has 1 nitrogen and oxygen atoms in total. The highest BCUT2D eigenvalue weighted by Gasteiger charge is 2.05. The molecule has 0 aliphatic carbocycles. The second kappa shape index (κ2) is 7.26. The van der Waals surface area contributed by atoms with Gasteiger partial charge < -0.3 is 0 Å². The molecule has 1 aromatic rings. The summed E-state index contributed by atoms with van der Waals surface area (Å²) in [5.41, 5.74) is 5.24. The summed E-state index contributed by atoms with van der Waals surface area (Å²) in [6.07, 6.45) is 5.73. The maximum absolute atomic E-state index is 4.85. The van der Waals surface area contributed by atoms with Crippen LogP contribution in [0.4, 0.5) is 5.69 Å². The molecular weight excluding hydrogens is 206 g/mol. The lowest BCUT2D eigenvalue weighted by atomic mass is 10.0. The Morgan fingerprint density at radius 3 is 2.12 bits per heavy atom. The second-order valence-electron chi connectivity index (χ2n) is 4.58. The zero-order valence-corrected chi connectivity index (χ0v) is 11.7. The van der Waals surface area contributed by atoms with E-state index in [9.17, 15) is 0 Å². The fourth-order valence-electron chi connectivity index (χ4n) is 2.04. The number of hydrogen-bond acceptors (Lipinski definition) is 1. The summed E-state index contributed by atoms with van der Waals surface area (Å²) in [6.45, 7) is 8.79. The van der Waals surface area contributed by atoms with E-state index in [1.807, 2.05) is 0 Å². The van der Waals surface area contributed by atoms with Gasteiger partial charge in [0.2, 0.25) is 0 Å². The highest BCUT2D eigenvalue weighted by Crippen LogP contribution is 2.26. The Morgan fingerprint density at radius 2 is 1.65 bits per heavy atom. The zero-order valence-electron chi connectivity index (χ0n) is 11.7. The first-order chi connectivity index (χ1) is 8.22. The highest BCUT2D eigenvalue weighted by molar-refractivity contribution is 5.85. The molecule has 0 heterocycles. The molecule has 0 aromatic heterocycles. The van der Waals surface area contributed by atoms with Gasteiger partial charge in [0.05, 0.1) is 5.69 Å². The largest absolute Gasteiger partial charge is 0.258 e. The van der Waals surface area contributed by atoms with Crippen molar-refractivity contribution >= 4 is 11.4 Å². The lowest BCUT2D eigenvalue weighted by Gasteiger charge is -2.10. The summed E-state index contributed by atoms with van der Waals surface area (Å²) >= 11 is 0. The first kappa shape index (κ1) is 14.0. The van der Waals surface area contributed by atoms with Crippen molar-refractivity contribution < 1.29 is 0 Å². The number of aliphatic imine (C=N–C) groups is 1. The van der Waals surface area contributed by atoms with E-state index in [1.54, 1.807) is 0 Å². The summed E-state index contributed by atoms with van der Waals surface area (Å²) in [5, 5.41) is 0. The molecule has 0 aliphatic rings. The SMILES string of the molecule is CCCCC(C)=Nc1c(CC)cccc1CC. The van der Waals surface area contributed by atoms with Crippen LogP contribution >= 0.6 is 0 Å². The third-order valence-corrected chi connectivity index (χ3v) is 3.16. The van der Waals surface area contributed by atoms with Crippen molar-refractivity contribution in [2.24, 2.45) is 4.99 Å². The van der Waals surface area contributed by atoms with Crippen LogP contribution in [0.15, 0.2) is 23.2 Å². The minimum atomic E-state index is 1.06. The molecular formula is C16H25N. The average molecular weight is 231 g/mol. The predicted octanol–water partition coefficient (Wildman–Crippen LogP) is 5.09. The quantitative estimate of drug-likeness (QED) is 0.604. The van der Waals surface area contributed by atoms with E-state index in [2.05, 4.69) is 45.9 Å². The van der Waals surface area contributed by atoms with Crippen LogP contribution in [0.2, 0.25) is 0 Å². The Morgan fingerprint density at radius 1 is 1.06 bits per heavy atom. The smallest absolute Gasteiger partial charge is 0.0692 e. The minimum Gasteiger partial charge on any atom is -0.258 e. The van der Waals surface area contributed by atoms with E-state index in [-0.39, 0.29) is 0 Å². The Balaban J connectivity index is 3.01. The number of nitrogens with zero attached hydrogens (tertiary/aromatic N) is 1. The molecule has 0 radical (unpaired) electrons. The molecule has 17 heavy (non-hydrogen) atoms. The van der Waals surface area contributed by atoms with E-state index in [4.69, 9.17) is 4.99 Å². The van der Waals surface area contributed by atoms with E-state index >= 15 is 0 Å². The summed E-state index contributed by atoms with van der Waals surface area (Å²) in [5.74, 6) is 0. The predicted molar refractivity (Wildman–Crippen MR) is 77.5 cm³/mol. The van der Waals surface area contributed by atoms with E-state index in [1.165, 1.54) is 35.4 Å². The minimum absolute atomic E-state index is 1.06. The molecule has 0 saturated carbocycles. The maximum Gasteiger partial charge on any atom is 0.0692 e. The van der Waals surface area contributed by atoms with Crippen molar-refractivity contribution in [3.63, 3.8) is 0 Å². The van der Waals surface area contributed by atoms with Gasteiger partial charge in [-0.25, -0.2) is 0 Å². The van der Waals surface area contributed by atoms with Crippen LogP contribution in [0.5, 0.6) is 0 Å². The fourth-order valence-corrected chi connectivity index (χ4v) is 2.04. The molecule has 0 unspecified atom stereocenters. The van der Waals surface area contributed by atoms with Crippen molar-refractivity contribution in [3.05, 3.63) is 29.3 Å². The van der Waals surface area contributed by atoms with Crippen molar-refractivity contribution in [3.8, 4) is 0 Å². The van der Waals surface area contributed by atoms with Crippen LogP contribution in [0.25, 0.3) is 0 Å². The molecule has 94 valence electrons. The van der Waals surface area contributed by atoms with Crippen LogP contribution in [-0.4, -0.2) is 5.71 Å².